The summed E-state index contributed by atoms with van der Waals surface area (Å²) in [6.07, 6.45) is 0.883. The van der Waals surface area contributed by atoms with Crippen LogP contribution in [0.4, 0.5) is 0 Å². The average Bonchev–Trinajstić information content (AvgIpc) is 3.06. The summed E-state index contributed by atoms with van der Waals surface area (Å²) in [5, 5.41) is 11.6. The van der Waals surface area contributed by atoms with Crippen LogP contribution in [0.25, 0.3) is 0 Å². The van der Waals surface area contributed by atoms with Gasteiger partial charge in [-0.3, -0.25) is 9.59 Å². The number of carbonyl (C=O) groups is 3. The first-order valence-electron chi connectivity index (χ1n) is 7.78. The summed E-state index contributed by atoms with van der Waals surface area (Å²) in [6, 6.07) is 10.1. The number of benzene rings is 1. The fourth-order valence-corrected chi connectivity index (χ4v) is 2.86. The smallest absolute Gasteiger partial charge is 0.345 e. The summed E-state index contributed by atoms with van der Waals surface area (Å²) in [6.45, 7) is 2.23. The third-order valence-corrected chi connectivity index (χ3v) is 4.48. The van der Waals surface area contributed by atoms with Crippen LogP contribution in [0, 0.1) is 0 Å². The fraction of sp³-hybridized carbons (Fsp3) is 0.278. The van der Waals surface area contributed by atoms with E-state index in [9.17, 15) is 14.4 Å². The van der Waals surface area contributed by atoms with Gasteiger partial charge < -0.3 is 15.2 Å². The molecule has 0 spiro atoms. The minimum absolute atomic E-state index is 0.00411. The maximum atomic E-state index is 11.8. The van der Waals surface area contributed by atoms with Gasteiger partial charge in [-0.25, -0.2) is 4.79 Å². The molecule has 0 aliphatic heterocycles. The number of nitrogens with one attached hydrogen (secondary N) is 1. The van der Waals surface area contributed by atoms with E-state index in [-0.39, 0.29) is 16.6 Å². The monoisotopic (exact) mass is 361 g/mol. The molecule has 2 N–H and O–H groups in total. The summed E-state index contributed by atoms with van der Waals surface area (Å²) in [5.74, 6) is -0.411. The molecule has 6 nitrogen and oxygen atoms in total. The van der Waals surface area contributed by atoms with Crippen molar-refractivity contribution in [1.29, 1.82) is 0 Å². The lowest BCUT2D eigenvalue weighted by Crippen LogP contribution is -2.22. The number of carboxylic acid groups (broad SMARTS) is 1. The third kappa shape index (κ3) is 6.04. The standard InChI is InChI=1S/C18H19NO5S/c1-12(20)13-4-6-14(7-5-13)24-10-2-3-17(21)19-11-15-8-9-16(25-15)18(22)23/h4-9H,2-3,10-11H2,1H3,(H,19,21)(H,22,23). The van der Waals surface area contributed by atoms with Crippen LogP contribution in [-0.2, 0) is 11.3 Å². The van der Waals surface area contributed by atoms with E-state index in [1.807, 2.05) is 0 Å². The highest BCUT2D eigenvalue weighted by molar-refractivity contribution is 7.13. The molecule has 0 unspecified atom stereocenters. The number of rotatable bonds is 9. The molecule has 1 aromatic heterocycles. The van der Waals surface area contributed by atoms with Crippen LogP contribution in [0.3, 0.4) is 0 Å². The van der Waals surface area contributed by atoms with Gasteiger partial charge in [0.05, 0.1) is 13.2 Å². The van der Waals surface area contributed by atoms with Crippen LogP contribution in [0.5, 0.6) is 5.75 Å². The Morgan fingerprint density at radius 2 is 1.84 bits per heavy atom. The van der Waals surface area contributed by atoms with Gasteiger partial charge in [0.15, 0.2) is 5.78 Å². The highest BCUT2D eigenvalue weighted by Crippen LogP contribution is 2.16. The van der Waals surface area contributed by atoms with Crippen molar-refractivity contribution in [3.05, 3.63) is 51.7 Å². The van der Waals surface area contributed by atoms with Crippen LogP contribution in [-0.4, -0.2) is 29.4 Å². The molecule has 2 aromatic rings. The number of ketones is 1. The number of carbonyl (C=O) groups excluding carboxylic acids is 2. The maximum Gasteiger partial charge on any atom is 0.345 e. The zero-order valence-corrected chi connectivity index (χ0v) is 14.6. The molecule has 2 rings (SSSR count). The van der Waals surface area contributed by atoms with Gasteiger partial charge in [-0.05, 0) is 49.7 Å². The first kappa shape index (κ1) is 18.7. The summed E-state index contributed by atoms with van der Waals surface area (Å²) in [4.78, 5) is 34.8. The van der Waals surface area contributed by atoms with Gasteiger partial charge in [-0.1, -0.05) is 0 Å². The zero-order valence-electron chi connectivity index (χ0n) is 13.8. The van der Waals surface area contributed by atoms with Crippen molar-refractivity contribution in [3.63, 3.8) is 0 Å². The van der Waals surface area contributed by atoms with Crippen LogP contribution < -0.4 is 10.1 Å². The number of thiophene rings is 1. The number of ether oxygens (including phenoxy) is 1. The molecule has 0 saturated heterocycles. The number of hydrogen-bond acceptors (Lipinski definition) is 5. The lowest BCUT2D eigenvalue weighted by Gasteiger charge is -2.07. The van der Waals surface area contributed by atoms with E-state index in [2.05, 4.69) is 5.32 Å². The van der Waals surface area contributed by atoms with Crippen molar-refractivity contribution < 1.29 is 24.2 Å². The Kier molecular flexibility index (Phi) is 6.71. The predicted molar refractivity (Wildman–Crippen MR) is 94.3 cm³/mol. The quantitative estimate of drug-likeness (QED) is 0.529. The van der Waals surface area contributed by atoms with Gasteiger partial charge in [0.2, 0.25) is 5.91 Å². The Hall–Kier alpha value is -2.67. The molecule has 0 atom stereocenters. The number of carboxylic acids is 1. The van der Waals surface area contributed by atoms with Crippen molar-refractivity contribution in [2.45, 2.75) is 26.3 Å². The van der Waals surface area contributed by atoms with Gasteiger partial charge in [0.1, 0.15) is 10.6 Å². The van der Waals surface area contributed by atoms with Crippen molar-refractivity contribution >= 4 is 29.0 Å². The first-order valence-corrected chi connectivity index (χ1v) is 8.60. The molecule has 0 radical (unpaired) electrons. The molecule has 0 bridgehead atoms. The molecule has 132 valence electrons. The van der Waals surface area contributed by atoms with E-state index in [4.69, 9.17) is 9.84 Å². The third-order valence-electron chi connectivity index (χ3n) is 3.41. The Morgan fingerprint density at radius 3 is 2.44 bits per heavy atom. The van der Waals surface area contributed by atoms with Gasteiger partial charge in [-0.2, -0.15) is 0 Å². The van der Waals surface area contributed by atoms with Crippen LogP contribution >= 0.6 is 11.3 Å². The van der Waals surface area contributed by atoms with Crippen LogP contribution in [0.2, 0.25) is 0 Å². The second-order valence-electron chi connectivity index (χ2n) is 5.38. The largest absolute Gasteiger partial charge is 0.494 e. The fourth-order valence-electron chi connectivity index (χ4n) is 2.07. The van der Waals surface area contributed by atoms with Gasteiger partial charge in [0, 0.05) is 16.9 Å². The number of Topliss-reactive ketones (excluding diaryl/α,β-unsaturated/α-hetero) is 1. The second kappa shape index (κ2) is 8.98. The van der Waals surface area contributed by atoms with E-state index < -0.39 is 5.97 Å². The van der Waals surface area contributed by atoms with Gasteiger partial charge in [-0.15, -0.1) is 11.3 Å². The Labute approximate surface area is 149 Å². The minimum atomic E-state index is -0.962. The second-order valence-corrected chi connectivity index (χ2v) is 6.55. The van der Waals surface area contributed by atoms with Crippen molar-refractivity contribution in [2.75, 3.05) is 6.61 Å². The van der Waals surface area contributed by atoms with Crippen molar-refractivity contribution in [1.82, 2.24) is 5.32 Å². The topological polar surface area (TPSA) is 92.7 Å². The van der Waals surface area contributed by atoms with E-state index >= 15 is 0 Å². The minimum Gasteiger partial charge on any atom is -0.494 e. The molecule has 0 aliphatic rings. The summed E-state index contributed by atoms with van der Waals surface area (Å²) >= 11 is 1.15. The normalized spacial score (nSPS) is 10.3. The molecule has 7 heteroatoms. The first-order chi connectivity index (χ1) is 12.0. The van der Waals surface area contributed by atoms with Crippen molar-refractivity contribution in [2.24, 2.45) is 0 Å². The molecule has 1 amide bonds. The lowest BCUT2D eigenvalue weighted by atomic mass is 10.1. The van der Waals surface area contributed by atoms with E-state index in [0.29, 0.717) is 37.3 Å². The van der Waals surface area contributed by atoms with Crippen LogP contribution in [0.15, 0.2) is 36.4 Å². The summed E-state index contributed by atoms with van der Waals surface area (Å²) < 4.78 is 5.53. The lowest BCUT2D eigenvalue weighted by molar-refractivity contribution is -0.121. The van der Waals surface area contributed by atoms with Crippen molar-refractivity contribution in [3.8, 4) is 5.75 Å². The van der Waals surface area contributed by atoms with Gasteiger partial charge in [0.25, 0.3) is 0 Å². The molecular weight excluding hydrogens is 342 g/mol. The predicted octanol–water partition coefficient (Wildman–Crippen LogP) is 3.12. The molecule has 1 heterocycles. The Balaban J connectivity index is 1.64. The molecule has 0 aliphatic carbocycles. The summed E-state index contributed by atoms with van der Waals surface area (Å²) in [7, 11) is 0. The highest BCUT2D eigenvalue weighted by Gasteiger charge is 2.08. The Morgan fingerprint density at radius 1 is 1.12 bits per heavy atom. The highest BCUT2D eigenvalue weighted by atomic mass is 32.1. The molecule has 0 fully saturated rings. The van der Waals surface area contributed by atoms with E-state index in [0.717, 1.165) is 16.2 Å². The molecule has 0 saturated carbocycles. The van der Waals surface area contributed by atoms with Crippen LogP contribution in [0.1, 0.15) is 44.7 Å². The number of aromatic carboxylic acids is 1. The average molecular weight is 361 g/mol. The number of amides is 1. The molecule has 25 heavy (non-hydrogen) atoms. The Bertz CT molecular complexity index is 751. The SMILES string of the molecule is CC(=O)c1ccc(OCCCC(=O)NCc2ccc(C(=O)O)s2)cc1. The maximum absolute atomic E-state index is 11.8. The summed E-state index contributed by atoms with van der Waals surface area (Å²) in [5.41, 5.74) is 0.631. The zero-order chi connectivity index (χ0) is 18.2. The van der Waals surface area contributed by atoms with E-state index in [1.54, 1.807) is 30.3 Å². The number of hydrogen-bond donors (Lipinski definition) is 2. The van der Waals surface area contributed by atoms with Gasteiger partial charge >= 0.3 is 5.97 Å². The van der Waals surface area contributed by atoms with E-state index in [1.165, 1.54) is 13.0 Å². The molecular formula is C18H19NO5S. The molecule has 1 aromatic carbocycles.